The average Bonchev–Trinajstić information content (AvgIpc) is 3.60. The molecule has 0 spiro atoms. The van der Waals surface area contributed by atoms with Crippen LogP contribution in [0.1, 0.15) is 25.3 Å². The SMILES string of the molecule is COc1ccc(N=Nc2c(S(=O)(=O)O)cc3cc(Nc4nc(F)nc(NCC(C)CCCNc5nc(F)nc(Nc6ccc7c(O)c(N=Nc8ccc(CO)cc8S(=O)(=O)O)c(S(=O)(=O)O)cc7c6)n5)n4)ccc3c2O)c(S(=O)(=O)O)c1. The lowest BCUT2D eigenvalue weighted by Crippen LogP contribution is -2.16. The molecular weight excluding hydrogens is 1170 g/mol. The molecule has 0 saturated heterocycles. The quantitative estimate of drug-likeness (QED) is 0.0175. The zero-order chi connectivity index (χ0) is 59.5. The monoisotopic (exact) mass is 1210 g/mol. The van der Waals surface area contributed by atoms with Crippen LogP contribution in [0.4, 0.5) is 66.7 Å². The predicted molar refractivity (Wildman–Crippen MR) is 286 cm³/mol. The van der Waals surface area contributed by atoms with Crippen molar-refractivity contribution in [1.82, 2.24) is 29.9 Å². The van der Waals surface area contributed by atoms with Crippen molar-refractivity contribution >= 4 is 120 Å². The second kappa shape index (κ2) is 23.7. The predicted octanol–water partition coefficient (Wildman–Crippen LogP) is 7.80. The molecule has 8 aromatic rings. The van der Waals surface area contributed by atoms with E-state index < -0.39 is 113 Å². The van der Waals surface area contributed by atoms with Crippen molar-refractivity contribution in [3.8, 4) is 17.2 Å². The third-order valence-electron chi connectivity index (χ3n) is 11.6. The molecule has 2 aromatic heterocycles. The number of aromatic nitrogens is 6. The molecule has 1 atom stereocenters. The number of azo groups is 2. The maximum atomic E-state index is 14.7. The van der Waals surface area contributed by atoms with Crippen LogP contribution in [0.15, 0.2) is 125 Å². The summed E-state index contributed by atoms with van der Waals surface area (Å²) in [6.07, 6.45) is -1.36. The molecule has 2 heterocycles. The van der Waals surface area contributed by atoms with Gasteiger partial charge in [-0.25, -0.2) is 0 Å². The number of rotatable bonds is 22. The molecule has 11 N–H and O–H groups in total. The summed E-state index contributed by atoms with van der Waals surface area (Å²) in [4.78, 5) is 19.5. The van der Waals surface area contributed by atoms with Crippen molar-refractivity contribution in [3.05, 3.63) is 103 Å². The number of aromatic hydroxyl groups is 2. The fourth-order valence-electron chi connectivity index (χ4n) is 7.76. The maximum absolute atomic E-state index is 14.7. The smallest absolute Gasteiger partial charge is 0.315 e. The Morgan fingerprint density at radius 1 is 0.549 bits per heavy atom. The minimum absolute atomic E-state index is 0.00395. The van der Waals surface area contributed by atoms with Crippen LogP contribution in [0, 0.1) is 18.1 Å². The summed E-state index contributed by atoms with van der Waals surface area (Å²) >= 11 is 0. The summed E-state index contributed by atoms with van der Waals surface area (Å²) in [5.74, 6) is -2.63. The number of phenols is 2. The van der Waals surface area contributed by atoms with Crippen molar-refractivity contribution in [3.63, 3.8) is 0 Å². The van der Waals surface area contributed by atoms with Crippen LogP contribution in [-0.2, 0) is 47.1 Å². The second-order valence-electron chi connectivity index (χ2n) is 17.4. The highest BCUT2D eigenvalue weighted by atomic mass is 32.2. The largest absolute Gasteiger partial charge is 0.505 e. The van der Waals surface area contributed by atoms with E-state index in [0.717, 1.165) is 36.4 Å². The van der Waals surface area contributed by atoms with Gasteiger partial charge < -0.3 is 41.3 Å². The van der Waals surface area contributed by atoms with Crippen LogP contribution in [0.25, 0.3) is 21.5 Å². The number of phenolic OH excluding ortho intramolecular Hbond substituents is 2. The zero-order valence-electron chi connectivity index (χ0n) is 41.9. The van der Waals surface area contributed by atoms with Gasteiger partial charge in [0.25, 0.3) is 40.5 Å². The number of hydrogen-bond acceptors (Lipinski definition) is 26. The van der Waals surface area contributed by atoms with Crippen LogP contribution in [0.2, 0.25) is 0 Å². The summed E-state index contributed by atoms with van der Waals surface area (Å²) in [6.45, 7) is 1.71. The van der Waals surface area contributed by atoms with Crippen LogP contribution >= 0.6 is 0 Å². The van der Waals surface area contributed by atoms with E-state index in [-0.39, 0.29) is 87.0 Å². The minimum atomic E-state index is -5.15. The third kappa shape index (κ3) is 14.2. The third-order valence-corrected chi connectivity index (χ3v) is 15.1. The van der Waals surface area contributed by atoms with Crippen molar-refractivity contribution in [1.29, 1.82) is 0 Å². The number of aliphatic hydroxyl groups is 1. The number of benzene rings is 6. The Morgan fingerprint density at radius 2 is 1.00 bits per heavy atom. The summed E-state index contributed by atoms with van der Waals surface area (Å²) in [5.41, 5.74) is -2.18. The highest BCUT2D eigenvalue weighted by molar-refractivity contribution is 7.86. The average molecular weight is 1210 g/mol. The molecule has 6 aromatic carbocycles. The van der Waals surface area contributed by atoms with Crippen LogP contribution < -0.4 is 26.0 Å². The van der Waals surface area contributed by atoms with E-state index in [1.165, 1.54) is 55.6 Å². The van der Waals surface area contributed by atoms with E-state index in [2.05, 4.69) is 71.6 Å². The Hall–Kier alpha value is -8.88. The van der Waals surface area contributed by atoms with E-state index in [4.69, 9.17) is 4.74 Å². The van der Waals surface area contributed by atoms with Gasteiger partial charge in [0.15, 0.2) is 11.5 Å². The first-order valence-electron chi connectivity index (χ1n) is 23.2. The van der Waals surface area contributed by atoms with Crippen molar-refractivity contribution in [2.24, 2.45) is 26.4 Å². The molecule has 0 amide bonds. The minimum Gasteiger partial charge on any atom is -0.505 e. The number of hydrogen-bond donors (Lipinski definition) is 11. The van der Waals surface area contributed by atoms with Crippen molar-refractivity contribution < 1.29 is 80.7 Å². The highest BCUT2D eigenvalue weighted by Crippen LogP contribution is 2.45. The Morgan fingerprint density at radius 3 is 1.46 bits per heavy atom. The van der Waals surface area contributed by atoms with Crippen molar-refractivity contribution in [2.75, 3.05) is 41.5 Å². The van der Waals surface area contributed by atoms with Gasteiger partial charge in [0.05, 0.1) is 13.7 Å². The number of aliphatic hydroxyl groups excluding tert-OH is 1. The first-order valence-corrected chi connectivity index (χ1v) is 28.9. The fraction of sp³-hybridized carbons (Fsp3) is 0.174. The Bertz CT molecular complexity index is 4380. The molecule has 0 aliphatic heterocycles. The number of fused-ring (bicyclic) bond motifs is 2. The summed E-state index contributed by atoms with van der Waals surface area (Å²) in [6, 6.07) is 16.3. The summed E-state index contributed by atoms with van der Waals surface area (Å²) in [7, 11) is -18.9. The highest BCUT2D eigenvalue weighted by Gasteiger charge is 2.26. The van der Waals surface area contributed by atoms with E-state index in [9.17, 15) is 76.0 Å². The lowest BCUT2D eigenvalue weighted by atomic mass is 10.1. The molecule has 0 fully saturated rings. The van der Waals surface area contributed by atoms with Gasteiger partial charge in [-0.1, -0.05) is 13.0 Å². The molecule has 82 heavy (non-hydrogen) atoms. The summed E-state index contributed by atoms with van der Waals surface area (Å²) in [5, 5.41) is 57.7. The topological polar surface area (TPSA) is 462 Å². The van der Waals surface area contributed by atoms with Crippen molar-refractivity contribution in [2.45, 2.75) is 46.0 Å². The number of ether oxygens (including phenoxy) is 1. The number of methoxy groups -OCH3 is 1. The Balaban J connectivity index is 0.886. The normalized spacial score (nSPS) is 12.8. The fourth-order valence-corrected chi connectivity index (χ4v) is 10.4. The Labute approximate surface area is 462 Å². The molecule has 1 unspecified atom stereocenters. The number of nitrogens with one attached hydrogen (secondary N) is 4. The van der Waals surface area contributed by atoms with E-state index in [0.29, 0.717) is 12.8 Å². The van der Waals surface area contributed by atoms with Gasteiger partial charge >= 0.3 is 12.2 Å². The number of halogens is 2. The van der Waals surface area contributed by atoms with E-state index >= 15 is 0 Å². The second-order valence-corrected chi connectivity index (χ2v) is 23.0. The van der Waals surface area contributed by atoms with Gasteiger partial charge in [-0.2, -0.15) is 72.4 Å². The van der Waals surface area contributed by atoms with Crippen LogP contribution in [0.3, 0.4) is 0 Å². The summed E-state index contributed by atoms with van der Waals surface area (Å²) < 4.78 is 172. The van der Waals surface area contributed by atoms with Gasteiger partial charge in [-0.15, -0.1) is 20.5 Å². The maximum Gasteiger partial charge on any atom is 0.315 e. The van der Waals surface area contributed by atoms with Gasteiger partial charge in [0.1, 0.15) is 48.1 Å². The molecule has 0 bridgehead atoms. The van der Waals surface area contributed by atoms with Crippen LogP contribution in [0.5, 0.6) is 17.2 Å². The Kier molecular flexibility index (Phi) is 17.1. The van der Waals surface area contributed by atoms with E-state index in [1.807, 2.05) is 6.92 Å². The number of nitrogens with zero attached hydrogens (tertiary/aromatic N) is 10. The molecule has 8 rings (SSSR count). The van der Waals surface area contributed by atoms with Gasteiger partial charge in [-0.05, 0) is 108 Å². The molecule has 0 aliphatic carbocycles. The van der Waals surface area contributed by atoms with Gasteiger partial charge in [-0.3, -0.25) is 18.2 Å². The lowest BCUT2D eigenvalue weighted by Gasteiger charge is -2.14. The zero-order valence-corrected chi connectivity index (χ0v) is 45.1. The first kappa shape index (κ1) is 59.2. The molecule has 0 aliphatic rings. The molecule has 430 valence electrons. The van der Waals surface area contributed by atoms with Gasteiger partial charge in [0, 0.05) is 41.3 Å². The first-order chi connectivity index (χ1) is 38.6. The van der Waals surface area contributed by atoms with Crippen LogP contribution in [-0.4, -0.2) is 117 Å². The number of anilines is 6. The molecule has 0 radical (unpaired) electrons. The molecular formula is C46H42F2N14O16S4. The van der Waals surface area contributed by atoms with Gasteiger partial charge in [0.2, 0.25) is 23.8 Å². The molecule has 30 nitrogen and oxygen atoms in total. The molecule has 36 heteroatoms. The lowest BCUT2D eigenvalue weighted by molar-refractivity contribution is 0.281. The standard InChI is InChI=1S/C46H42F2N14O16S4/c1-22(20-50-44-54-42(48)56-46(58-44)52-27-7-10-30-25(16-27)18-36(82(75,76)77)38(40(30)65)62-60-32-12-8-28(78-2)19-34(32)80(69,70)71)4-3-13-49-43-53-41(47)55-45(57-43)51-26-6-9-29-24(15-26)17-35(81(72,73)74)37(39(29)64)61-59-31-11-5-23(21-63)14-33(31)79(66,67)68/h5-12,14-19,22,63-65H,3-4,13,20-21H2,1-2H3,(H,66,67,68)(H,69,70,71)(H,72,73,74)(H,75,76,77)(H2,49,51,53,55,57)(H2,50,52,54,56,58). The molecule has 0 saturated carbocycles. The van der Waals surface area contributed by atoms with E-state index in [1.54, 1.807) is 0 Å².